The van der Waals surface area contributed by atoms with Gasteiger partial charge in [-0.25, -0.2) is 9.79 Å². The van der Waals surface area contributed by atoms with Crippen LogP contribution in [0.3, 0.4) is 0 Å². The predicted molar refractivity (Wildman–Crippen MR) is 77.8 cm³/mol. The highest BCUT2D eigenvalue weighted by atomic mass is 16.6. The number of pyridine rings is 1. The first kappa shape index (κ1) is 13.1. The maximum Gasteiger partial charge on any atom is 0.363 e. The smallest absolute Gasteiger partial charge is 0.363 e. The van der Waals surface area contributed by atoms with E-state index >= 15 is 0 Å². The van der Waals surface area contributed by atoms with E-state index in [0.29, 0.717) is 11.3 Å². The van der Waals surface area contributed by atoms with Gasteiger partial charge in [0.2, 0.25) is 5.90 Å². The SMILES string of the molecule is COc1cccc(/C=C2/N=C(c3ccncc3)OC2=O)c1. The molecule has 0 saturated heterocycles. The van der Waals surface area contributed by atoms with Gasteiger partial charge >= 0.3 is 5.97 Å². The molecule has 0 atom stereocenters. The van der Waals surface area contributed by atoms with E-state index in [-0.39, 0.29) is 11.6 Å². The van der Waals surface area contributed by atoms with Crippen molar-refractivity contribution >= 4 is 17.9 Å². The lowest BCUT2D eigenvalue weighted by Gasteiger charge is -2.00. The van der Waals surface area contributed by atoms with Crippen LogP contribution in [0.15, 0.2) is 59.5 Å². The molecule has 1 aromatic heterocycles. The van der Waals surface area contributed by atoms with E-state index in [4.69, 9.17) is 9.47 Å². The Kier molecular flexibility index (Phi) is 3.47. The van der Waals surface area contributed by atoms with Crippen LogP contribution in [0.25, 0.3) is 6.08 Å². The zero-order valence-electron chi connectivity index (χ0n) is 11.3. The van der Waals surface area contributed by atoms with Crippen molar-refractivity contribution in [1.29, 1.82) is 0 Å². The normalized spacial score (nSPS) is 15.8. The molecule has 5 nitrogen and oxygen atoms in total. The van der Waals surface area contributed by atoms with Gasteiger partial charge in [0.1, 0.15) is 5.75 Å². The molecule has 0 fully saturated rings. The van der Waals surface area contributed by atoms with Crippen molar-refractivity contribution in [2.75, 3.05) is 7.11 Å². The third-order valence-corrected chi connectivity index (χ3v) is 2.94. The first-order valence-electron chi connectivity index (χ1n) is 6.33. The van der Waals surface area contributed by atoms with E-state index in [1.165, 1.54) is 0 Å². The number of esters is 1. The fourth-order valence-electron chi connectivity index (χ4n) is 1.92. The molecule has 0 N–H and O–H groups in total. The summed E-state index contributed by atoms with van der Waals surface area (Å²) in [5.74, 6) is 0.537. The van der Waals surface area contributed by atoms with Crippen LogP contribution in [0.5, 0.6) is 5.75 Å². The third kappa shape index (κ3) is 2.81. The number of carbonyl (C=O) groups excluding carboxylic acids is 1. The summed E-state index contributed by atoms with van der Waals surface area (Å²) < 4.78 is 10.3. The Labute approximate surface area is 121 Å². The highest BCUT2D eigenvalue weighted by Gasteiger charge is 2.23. The summed E-state index contributed by atoms with van der Waals surface area (Å²) in [4.78, 5) is 20.0. The van der Waals surface area contributed by atoms with Gasteiger partial charge in [0.25, 0.3) is 0 Å². The fourth-order valence-corrected chi connectivity index (χ4v) is 1.92. The van der Waals surface area contributed by atoms with Crippen LogP contribution in [0.2, 0.25) is 0 Å². The minimum Gasteiger partial charge on any atom is -0.497 e. The number of cyclic esters (lactones) is 1. The molecule has 0 amide bonds. The van der Waals surface area contributed by atoms with Gasteiger partial charge in [-0.15, -0.1) is 0 Å². The van der Waals surface area contributed by atoms with Crippen LogP contribution in [-0.2, 0) is 9.53 Å². The number of aromatic nitrogens is 1. The first-order valence-corrected chi connectivity index (χ1v) is 6.33. The number of benzene rings is 1. The van der Waals surface area contributed by atoms with Crippen LogP contribution in [0.1, 0.15) is 11.1 Å². The molecule has 5 heteroatoms. The van der Waals surface area contributed by atoms with E-state index in [0.717, 1.165) is 5.56 Å². The Balaban J connectivity index is 1.93. The molecule has 0 spiro atoms. The van der Waals surface area contributed by atoms with Crippen molar-refractivity contribution < 1.29 is 14.3 Å². The summed E-state index contributed by atoms with van der Waals surface area (Å²) in [6.45, 7) is 0. The number of ether oxygens (including phenoxy) is 2. The monoisotopic (exact) mass is 280 g/mol. The maximum atomic E-state index is 11.9. The number of hydrogen-bond donors (Lipinski definition) is 0. The second-order valence-electron chi connectivity index (χ2n) is 4.35. The highest BCUT2D eigenvalue weighted by Crippen LogP contribution is 2.20. The van der Waals surface area contributed by atoms with Crippen LogP contribution in [0.4, 0.5) is 0 Å². The maximum absolute atomic E-state index is 11.9. The average Bonchev–Trinajstić information content (AvgIpc) is 2.89. The number of rotatable bonds is 3. The van der Waals surface area contributed by atoms with E-state index in [1.807, 2.05) is 24.3 Å². The number of hydrogen-bond acceptors (Lipinski definition) is 5. The Hall–Kier alpha value is -2.95. The van der Waals surface area contributed by atoms with Gasteiger partial charge in [-0.3, -0.25) is 4.98 Å². The van der Waals surface area contributed by atoms with Crippen LogP contribution in [0, 0.1) is 0 Å². The van der Waals surface area contributed by atoms with Gasteiger partial charge in [0.15, 0.2) is 5.70 Å². The lowest BCUT2D eigenvalue weighted by molar-refractivity contribution is -0.129. The fraction of sp³-hybridized carbons (Fsp3) is 0.0625. The van der Waals surface area contributed by atoms with Crippen molar-refractivity contribution in [3.8, 4) is 5.75 Å². The lowest BCUT2D eigenvalue weighted by atomic mass is 10.2. The Morgan fingerprint density at radius 2 is 2.00 bits per heavy atom. The number of methoxy groups -OCH3 is 1. The van der Waals surface area contributed by atoms with E-state index in [9.17, 15) is 4.79 Å². The molecule has 0 saturated carbocycles. The predicted octanol–water partition coefficient (Wildman–Crippen LogP) is 2.43. The number of carbonyl (C=O) groups is 1. The largest absolute Gasteiger partial charge is 0.497 e. The zero-order valence-corrected chi connectivity index (χ0v) is 11.3. The Bertz CT molecular complexity index is 736. The molecule has 0 bridgehead atoms. The van der Waals surface area contributed by atoms with E-state index < -0.39 is 5.97 Å². The molecule has 0 aliphatic carbocycles. The second kappa shape index (κ2) is 5.58. The van der Waals surface area contributed by atoms with Crippen LogP contribution < -0.4 is 4.74 Å². The number of nitrogens with zero attached hydrogens (tertiary/aromatic N) is 2. The molecule has 2 aromatic rings. The summed E-state index contributed by atoms with van der Waals surface area (Å²) in [5.41, 5.74) is 1.79. The van der Waals surface area contributed by atoms with E-state index in [1.54, 1.807) is 37.7 Å². The summed E-state index contributed by atoms with van der Waals surface area (Å²) in [7, 11) is 1.59. The van der Waals surface area contributed by atoms with Crippen molar-refractivity contribution in [3.05, 3.63) is 65.6 Å². The minimum atomic E-state index is -0.468. The Morgan fingerprint density at radius 1 is 1.19 bits per heavy atom. The molecule has 104 valence electrons. The quantitative estimate of drug-likeness (QED) is 0.640. The molecular weight excluding hydrogens is 268 g/mol. The molecule has 1 aliphatic heterocycles. The van der Waals surface area contributed by atoms with Gasteiger partial charge in [0.05, 0.1) is 7.11 Å². The summed E-state index contributed by atoms with van der Waals surface area (Å²) >= 11 is 0. The molecule has 21 heavy (non-hydrogen) atoms. The van der Waals surface area contributed by atoms with Gasteiger partial charge in [-0.2, -0.15) is 0 Å². The third-order valence-electron chi connectivity index (χ3n) is 2.94. The standard InChI is InChI=1S/C16H12N2O3/c1-20-13-4-2-3-11(9-13)10-14-16(19)21-15(18-14)12-5-7-17-8-6-12/h2-10H,1H3/b14-10+. The van der Waals surface area contributed by atoms with Crippen molar-refractivity contribution in [1.82, 2.24) is 4.98 Å². The van der Waals surface area contributed by atoms with Crippen molar-refractivity contribution in [3.63, 3.8) is 0 Å². The van der Waals surface area contributed by atoms with Gasteiger partial charge in [-0.1, -0.05) is 12.1 Å². The summed E-state index contributed by atoms with van der Waals surface area (Å²) in [6.07, 6.45) is 4.91. The molecule has 1 aromatic carbocycles. The van der Waals surface area contributed by atoms with E-state index in [2.05, 4.69) is 9.98 Å². The lowest BCUT2D eigenvalue weighted by Crippen LogP contribution is -2.05. The van der Waals surface area contributed by atoms with Crippen molar-refractivity contribution in [2.45, 2.75) is 0 Å². The molecule has 1 aliphatic rings. The average molecular weight is 280 g/mol. The molecular formula is C16H12N2O3. The number of aliphatic imine (C=N–C) groups is 1. The topological polar surface area (TPSA) is 60.8 Å². The molecule has 3 rings (SSSR count). The molecule has 0 radical (unpaired) electrons. The highest BCUT2D eigenvalue weighted by molar-refractivity contribution is 6.12. The van der Waals surface area contributed by atoms with Crippen LogP contribution in [-0.4, -0.2) is 24.0 Å². The second-order valence-corrected chi connectivity index (χ2v) is 4.35. The molecule has 0 unspecified atom stereocenters. The van der Waals surface area contributed by atoms with Crippen LogP contribution >= 0.6 is 0 Å². The molecule has 2 heterocycles. The van der Waals surface area contributed by atoms with Gasteiger partial charge < -0.3 is 9.47 Å². The van der Waals surface area contributed by atoms with Gasteiger partial charge in [0, 0.05) is 18.0 Å². The Morgan fingerprint density at radius 3 is 2.76 bits per heavy atom. The first-order chi connectivity index (χ1) is 10.3. The van der Waals surface area contributed by atoms with Gasteiger partial charge in [-0.05, 0) is 35.9 Å². The zero-order chi connectivity index (χ0) is 14.7. The minimum absolute atomic E-state index is 0.259. The summed E-state index contributed by atoms with van der Waals surface area (Å²) in [6, 6.07) is 10.8. The summed E-state index contributed by atoms with van der Waals surface area (Å²) in [5, 5.41) is 0. The van der Waals surface area contributed by atoms with Crippen molar-refractivity contribution in [2.24, 2.45) is 4.99 Å².